The molecule has 1 heterocycles. The molecule has 0 atom stereocenters. The predicted molar refractivity (Wildman–Crippen MR) is 99.6 cm³/mol. The Kier molecular flexibility index (Phi) is 5.44. The van der Waals surface area contributed by atoms with Crippen molar-refractivity contribution in [2.24, 2.45) is 14.1 Å². The molecule has 2 N–H and O–H groups in total. The number of rotatable bonds is 6. The Morgan fingerprint density at radius 1 is 1.04 bits per heavy atom. The van der Waals surface area contributed by atoms with Crippen LogP contribution in [0.4, 0.5) is 0 Å². The van der Waals surface area contributed by atoms with Crippen molar-refractivity contribution in [2.75, 3.05) is 0 Å². The number of aromatic nitrogens is 2. The largest absolute Gasteiger partial charge is 0.353 e. The normalized spacial score (nSPS) is 14.7. The van der Waals surface area contributed by atoms with E-state index in [-0.39, 0.29) is 36.4 Å². The lowest BCUT2D eigenvalue weighted by molar-refractivity contribution is -0.126. The summed E-state index contributed by atoms with van der Waals surface area (Å²) in [5.74, 6) is -0.193. The predicted octanol–water partition coefficient (Wildman–Crippen LogP) is 1.33. The second-order valence-electron chi connectivity index (χ2n) is 7.05. The van der Waals surface area contributed by atoms with E-state index in [1.807, 2.05) is 18.2 Å². The molecule has 0 radical (unpaired) electrons. The molecule has 1 aromatic carbocycles. The molecule has 0 saturated heterocycles. The van der Waals surface area contributed by atoms with Crippen molar-refractivity contribution < 1.29 is 9.59 Å². The first-order valence-corrected chi connectivity index (χ1v) is 9.16. The molecule has 0 unspecified atom stereocenters. The molecule has 1 fully saturated rings. The first-order chi connectivity index (χ1) is 12.5. The molecule has 140 valence electrons. The molecular formula is C19H26N4O3. The van der Waals surface area contributed by atoms with Crippen LogP contribution in [0.1, 0.15) is 44.1 Å². The maximum absolute atomic E-state index is 12.0. The highest BCUT2D eigenvalue weighted by Gasteiger charge is 2.17. The number of aryl methyl sites for hydroxylation is 2. The quantitative estimate of drug-likeness (QED) is 0.817. The van der Waals surface area contributed by atoms with E-state index in [2.05, 4.69) is 10.6 Å². The number of hydrogen-bond donors (Lipinski definition) is 2. The Labute approximate surface area is 152 Å². The lowest BCUT2D eigenvalue weighted by Crippen LogP contribution is -2.33. The lowest BCUT2D eigenvalue weighted by atomic mass is 10.2. The topological polar surface area (TPSA) is 85.1 Å². The number of carbonyl (C=O) groups excluding carboxylic acids is 2. The van der Waals surface area contributed by atoms with Gasteiger partial charge in [0.05, 0.1) is 11.0 Å². The highest BCUT2D eigenvalue weighted by molar-refractivity contribution is 5.84. The number of nitrogens with zero attached hydrogens (tertiary/aromatic N) is 2. The highest BCUT2D eigenvalue weighted by Crippen LogP contribution is 2.17. The third-order valence-corrected chi connectivity index (χ3v) is 5.13. The minimum atomic E-state index is -0.145. The zero-order chi connectivity index (χ0) is 18.7. The van der Waals surface area contributed by atoms with Crippen molar-refractivity contribution in [1.82, 2.24) is 19.8 Å². The average molecular weight is 358 g/mol. The molecule has 0 spiro atoms. The number of imidazole rings is 1. The van der Waals surface area contributed by atoms with Crippen LogP contribution < -0.4 is 16.3 Å². The smallest absolute Gasteiger partial charge is 0.328 e. The lowest BCUT2D eigenvalue weighted by Gasteiger charge is -2.11. The van der Waals surface area contributed by atoms with Gasteiger partial charge in [0.2, 0.25) is 11.8 Å². The SMILES string of the molecule is Cn1c(=O)n(C)c2cc(CNC(=O)CCC(=O)NC3CCCC3)ccc21. The van der Waals surface area contributed by atoms with E-state index in [9.17, 15) is 14.4 Å². The summed E-state index contributed by atoms with van der Waals surface area (Å²) in [6.07, 6.45) is 4.83. The van der Waals surface area contributed by atoms with Gasteiger partial charge in [-0.1, -0.05) is 18.9 Å². The molecule has 0 bridgehead atoms. The number of nitrogens with one attached hydrogen (secondary N) is 2. The molecule has 7 nitrogen and oxygen atoms in total. The van der Waals surface area contributed by atoms with Crippen LogP contribution in [0, 0.1) is 0 Å². The second kappa shape index (κ2) is 7.76. The molecule has 7 heteroatoms. The van der Waals surface area contributed by atoms with Gasteiger partial charge < -0.3 is 10.6 Å². The van der Waals surface area contributed by atoms with Gasteiger partial charge in [-0.15, -0.1) is 0 Å². The summed E-state index contributed by atoms with van der Waals surface area (Å²) in [6, 6.07) is 5.97. The van der Waals surface area contributed by atoms with Gasteiger partial charge in [0.1, 0.15) is 0 Å². The molecule has 3 rings (SSSR count). The van der Waals surface area contributed by atoms with Crippen molar-refractivity contribution >= 4 is 22.8 Å². The van der Waals surface area contributed by atoms with Gasteiger partial charge in [0.15, 0.2) is 0 Å². The van der Waals surface area contributed by atoms with Crippen molar-refractivity contribution in [3.63, 3.8) is 0 Å². The standard InChI is InChI=1S/C19H26N4O3/c1-22-15-8-7-13(11-16(15)23(2)19(22)26)12-20-17(24)9-10-18(25)21-14-5-3-4-6-14/h7-8,11,14H,3-6,9-10,12H2,1-2H3,(H,20,24)(H,21,25). The number of benzene rings is 1. The first-order valence-electron chi connectivity index (χ1n) is 9.16. The van der Waals surface area contributed by atoms with Gasteiger partial charge >= 0.3 is 5.69 Å². The van der Waals surface area contributed by atoms with Gasteiger partial charge in [0.25, 0.3) is 0 Å². The van der Waals surface area contributed by atoms with Crippen molar-refractivity contribution in [3.8, 4) is 0 Å². The number of fused-ring (bicyclic) bond motifs is 1. The van der Waals surface area contributed by atoms with E-state index in [1.165, 1.54) is 12.8 Å². The molecule has 1 aromatic heterocycles. The third kappa shape index (κ3) is 3.98. The van der Waals surface area contributed by atoms with E-state index in [0.29, 0.717) is 6.54 Å². The van der Waals surface area contributed by atoms with E-state index in [0.717, 1.165) is 29.4 Å². The van der Waals surface area contributed by atoms with Gasteiger partial charge in [-0.25, -0.2) is 4.79 Å². The highest BCUT2D eigenvalue weighted by atomic mass is 16.2. The van der Waals surface area contributed by atoms with Crippen LogP contribution in [0.5, 0.6) is 0 Å². The monoisotopic (exact) mass is 358 g/mol. The van der Waals surface area contributed by atoms with Gasteiger partial charge in [0, 0.05) is 39.5 Å². The molecule has 26 heavy (non-hydrogen) atoms. The summed E-state index contributed by atoms with van der Waals surface area (Å²) in [5, 5.41) is 5.83. The van der Waals surface area contributed by atoms with Crippen LogP contribution in [0.3, 0.4) is 0 Å². The number of hydrogen-bond acceptors (Lipinski definition) is 3. The van der Waals surface area contributed by atoms with Gasteiger partial charge in [-0.2, -0.15) is 0 Å². The van der Waals surface area contributed by atoms with Crippen LogP contribution >= 0.6 is 0 Å². The summed E-state index contributed by atoms with van der Waals surface area (Å²) < 4.78 is 3.19. The van der Waals surface area contributed by atoms with Crippen molar-refractivity contribution in [3.05, 3.63) is 34.2 Å². The van der Waals surface area contributed by atoms with Crippen LogP contribution in [0.15, 0.2) is 23.0 Å². The fourth-order valence-electron chi connectivity index (χ4n) is 3.55. The summed E-state index contributed by atoms with van der Waals surface area (Å²) in [4.78, 5) is 35.8. The van der Waals surface area contributed by atoms with Gasteiger partial charge in [-0.3, -0.25) is 18.7 Å². The number of amides is 2. The summed E-state index contributed by atoms with van der Waals surface area (Å²) >= 11 is 0. The van der Waals surface area contributed by atoms with E-state index < -0.39 is 0 Å². The molecular weight excluding hydrogens is 332 g/mol. The Balaban J connectivity index is 1.49. The van der Waals surface area contributed by atoms with Crippen LogP contribution in [-0.4, -0.2) is 27.0 Å². The first kappa shape index (κ1) is 18.2. The maximum atomic E-state index is 12.0. The minimum Gasteiger partial charge on any atom is -0.353 e. The van der Waals surface area contributed by atoms with Crippen LogP contribution in [-0.2, 0) is 30.2 Å². The fraction of sp³-hybridized carbons (Fsp3) is 0.526. The van der Waals surface area contributed by atoms with E-state index >= 15 is 0 Å². The maximum Gasteiger partial charge on any atom is 0.328 e. The van der Waals surface area contributed by atoms with E-state index in [1.54, 1.807) is 23.2 Å². The average Bonchev–Trinajstić information content (AvgIpc) is 3.21. The summed E-state index contributed by atoms with van der Waals surface area (Å²) in [7, 11) is 3.47. The molecule has 1 saturated carbocycles. The molecule has 0 aliphatic heterocycles. The summed E-state index contributed by atoms with van der Waals surface area (Å²) in [5.41, 5.74) is 2.54. The molecule has 2 aromatic rings. The molecule has 2 amide bonds. The fourth-order valence-corrected chi connectivity index (χ4v) is 3.55. The Bertz CT molecular complexity index is 875. The van der Waals surface area contributed by atoms with Crippen molar-refractivity contribution in [1.29, 1.82) is 0 Å². The number of carbonyl (C=O) groups is 2. The van der Waals surface area contributed by atoms with Crippen LogP contribution in [0.2, 0.25) is 0 Å². The third-order valence-electron chi connectivity index (χ3n) is 5.13. The Morgan fingerprint density at radius 3 is 2.42 bits per heavy atom. The zero-order valence-electron chi connectivity index (χ0n) is 15.4. The van der Waals surface area contributed by atoms with Crippen LogP contribution in [0.25, 0.3) is 11.0 Å². The van der Waals surface area contributed by atoms with Crippen molar-refractivity contribution in [2.45, 2.75) is 51.1 Å². The van der Waals surface area contributed by atoms with E-state index in [4.69, 9.17) is 0 Å². The zero-order valence-corrected chi connectivity index (χ0v) is 15.4. The molecule has 1 aliphatic rings. The summed E-state index contributed by atoms with van der Waals surface area (Å²) in [6.45, 7) is 0.377. The second-order valence-corrected chi connectivity index (χ2v) is 7.05. The van der Waals surface area contributed by atoms with Gasteiger partial charge in [-0.05, 0) is 30.5 Å². The Hall–Kier alpha value is -2.57. The minimum absolute atomic E-state index is 0.0484. The molecule has 1 aliphatic carbocycles. The Morgan fingerprint density at radius 2 is 1.69 bits per heavy atom.